The SMILES string of the molecule is COCc1nc(Cc2cc(F)cc(F)c2)[nH]c(=O)c1Br. The first-order valence-corrected chi connectivity index (χ1v) is 6.50. The summed E-state index contributed by atoms with van der Waals surface area (Å²) >= 11 is 3.12. The van der Waals surface area contributed by atoms with Crippen LogP contribution in [0.15, 0.2) is 27.5 Å². The minimum atomic E-state index is -0.670. The lowest BCUT2D eigenvalue weighted by atomic mass is 10.1. The number of methoxy groups -OCH3 is 1. The maximum Gasteiger partial charge on any atom is 0.265 e. The van der Waals surface area contributed by atoms with Crippen molar-refractivity contribution in [2.75, 3.05) is 7.11 Å². The van der Waals surface area contributed by atoms with Gasteiger partial charge in [0.25, 0.3) is 5.56 Å². The van der Waals surface area contributed by atoms with Crippen molar-refractivity contribution in [3.63, 3.8) is 0 Å². The highest BCUT2D eigenvalue weighted by molar-refractivity contribution is 9.10. The summed E-state index contributed by atoms with van der Waals surface area (Å²) in [4.78, 5) is 18.5. The van der Waals surface area contributed by atoms with Gasteiger partial charge >= 0.3 is 0 Å². The number of aromatic nitrogens is 2. The van der Waals surface area contributed by atoms with E-state index >= 15 is 0 Å². The van der Waals surface area contributed by atoms with Crippen LogP contribution in [0, 0.1) is 11.6 Å². The molecule has 0 amide bonds. The number of ether oxygens (including phenoxy) is 1. The number of halogens is 3. The summed E-state index contributed by atoms with van der Waals surface area (Å²) in [6.45, 7) is 0.162. The van der Waals surface area contributed by atoms with E-state index < -0.39 is 11.6 Å². The molecule has 20 heavy (non-hydrogen) atoms. The Labute approximate surface area is 121 Å². The van der Waals surface area contributed by atoms with E-state index in [1.165, 1.54) is 19.2 Å². The van der Waals surface area contributed by atoms with Gasteiger partial charge in [0.15, 0.2) is 0 Å². The second-order valence-corrected chi connectivity index (χ2v) is 4.95. The molecule has 0 spiro atoms. The Morgan fingerprint density at radius 2 is 1.95 bits per heavy atom. The van der Waals surface area contributed by atoms with Crippen molar-refractivity contribution in [2.24, 2.45) is 0 Å². The van der Waals surface area contributed by atoms with Crippen molar-refractivity contribution in [1.29, 1.82) is 0 Å². The van der Waals surface area contributed by atoms with Crippen molar-refractivity contribution in [3.05, 3.63) is 61.7 Å². The molecule has 0 aliphatic carbocycles. The van der Waals surface area contributed by atoms with E-state index in [1.807, 2.05) is 0 Å². The van der Waals surface area contributed by atoms with Crippen LogP contribution in [-0.4, -0.2) is 17.1 Å². The molecular formula is C13H11BrF2N2O2. The van der Waals surface area contributed by atoms with E-state index in [2.05, 4.69) is 25.9 Å². The summed E-state index contributed by atoms with van der Waals surface area (Å²) < 4.78 is 31.5. The number of benzene rings is 1. The third kappa shape index (κ3) is 3.49. The molecule has 1 aromatic heterocycles. The molecule has 106 valence electrons. The average molecular weight is 345 g/mol. The Hall–Kier alpha value is -1.60. The lowest BCUT2D eigenvalue weighted by molar-refractivity contribution is 0.180. The quantitative estimate of drug-likeness (QED) is 0.927. The first-order valence-electron chi connectivity index (χ1n) is 5.71. The number of hydrogen-bond acceptors (Lipinski definition) is 3. The predicted molar refractivity (Wildman–Crippen MR) is 72.4 cm³/mol. The predicted octanol–water partition coefficient (Wildman–Crippen LogP) is 2.55. The van der Waals surface area contributed by atoms with E-state index in [1.54, 1.807) is 0 Å². The van der Waals surface area contributed by atoms with Gasteiger partial charge in [-0.25, -0.2) is 13.8 Å². The molecule has 0 aliphatic rings. The molecule has 1 N–H and O–H groups in total. The zero-order valence-electron chi connectivity index (χ0n) is 10.5. The Kier molecular flexibility index (Phi) is 4.61. The van der Waals surface area contributed by atoms with Gasteiger partial charge in [0.1, 0.15) is 21.9 Å². The van der Waals surface area contributed by atoms with Gasteiger partial charge in [0.05, 0.1) is 12.3 Å². The maximum absolute atomic E-state index is 13.1. The minimum Gasteiger partial charge on any atom is -0.378 e. The molecule has 2 aromatic rings. The third-order valence-corrected chi connectivity index (χ3v) is 3.37. The highest BCUT2D eigenvalue weighted by Crippen LogP contribution is 2.14. The largest absolute Gasteiger partial charge is 0.378 e. The summed E-state index contributed by atoms with van der Waals surface area (Å²) in [5, 5.41) is 0. The second-order valence-electron chi connectivity index (χ2n) is 4.16. The number of nitrogens with zero attached hydrogens (tertiary/aromatic N) is 1. The molecule has 1 heterocycles. The maximum atomic E-state index is 13.1. The molecule has 7 heteroatoms. The molecule has 0 aliphatic heterocycles. The molecule has 4 nitrogen and oxygen atoms in total. The Bertz CT molecular complexity index is 668. The van der Waals surface area contributed by atoms with Crippen molar-refractivity contribution in [1.82, 2.24) is 9.97 Å². The molecule has 0 saturated carbocycles. The van der Waals surface area contributed by atoms with Crippen LogP contribution in [0.5, 0.6) is 0 Å². The number of rotatable bonds is 4. The summed E-state index contributed by atoms with van der Waals surface area (Å²) in [7, 11) is 1.48. The monoisotopic (exact) mass is 344 g/mol. The number of aromatic amines is 1. The van der Waals surface area contributed by atoms with Crippen molar-refractivity contribution in [2.45, 2.75) is 13.0 Å². The molecule has 1 aromatic carbocycles. The van der Waals surface area contributed by atoms with Crippen LogP contribution in [0.4, 0.5) is 8.78 Å². The molecule has 2 rings (SSSR count). The van der Waals surface area contributed by atoms with Crippen LogP contribution in [-0.2, 0) is 17.8 Å². The van der Waals surface area contributed by atoms with E-state index in [-0.39, 0.29) is 23.1 Å². The molecule has 0 bridgehead atoms. The van der Waals surface area contributed by atoms with E-state index in [0.29, 0.717) is 17.1 Å². The Balaban J connectivity index is 2.36. The third-order valence-electron chi connectivity index (χ3n) is 2.56. The fourth-order valence-electron chi connectivity index (χ4n) is 1.78. The molecule has 0 unspecified atom stereocenters. The van der Waals surface area contributed by atoms with Crippen LogP contribution in [0.3, 0.4) is 0 Å². The van der Waals surface area contributed by atoms with Crippen molar-refractivity contribution < 1.29 is 13.5 Å². The van der Waals surface area contributed by atoms with E-state index in [0.717, 1.165) is 6.07 Å². The van der Waals surface area contributed by atoms with Crippen LogP contribution in [0.25, 0.3) is 0 Å². The Morgan fingerprint density at radius 3 is 2.55 bits per heavy atom. The Morgan fingerprint density at radius 1 is 1.30 bits per heavy atom. The molecule has 0 saturated heterocycles. The average Bonchev–Trinajstić information content (AvgIpc) is 2.34. The van der Waals surface area contributed by atoms with Gasteiger partial charge in [-0.2, -0.15) is 0 Å². The van der Waals surface area contributed by atoms with E-state index in [4.69, 9.17) is 4.74 Å². The lowest BCUT2D eigenvalue weighted by Gasteiger charge is -2.06. The highest BCUT2D eigenvalue weighted by Gasteiger charge is 2.10. The van der Waals surface area contributed by atoms with Crippen molar-refractivity contribution in [3.8, 4) is 0 Å². The lowest BCUT2D eigenvalue weighted by Crippen LogP contribution is -2.16. The highest BCUT2D eigenvalue weighted by atomic mass is 79.9. The molecule has 0 radical (unpaired) electrons. The van der Waals surface area contributed by atoms with Crippen molar-refractivity contribution >= 4 is 15.9 Å². The van der Waals surface area contributed by atoms with Gasteiger partial charge in [0, 0.05) is 19.6 Å². The van der Waals surface area contributed by atoms with E-state index in [9.17, 15) is 13.6 Å². The van der Waals surface area contributed by atoms with Gasteiger partial charge in [-0.05, 0) is 33.6 Å². The van der Waals surface area contributed by atoms with Gasteiger partial charge in [0.2, 0.25) is 0 Å². The smallest absolute Gasteiger partial charge is 0.265 e. The zero-order valence-corrected chi connectivity index (χ0v) is 12.1. The summed E-state index contributed by atoms with van der Waals surface area (Å²) in [6.07, 6.45) is 0.119. The summed E-state index contributed by atoms with van der Waals surface area (Å²) in [6, 6.07) is 3.18. The number of nitrogens with one attached hydrogen (secondary N) is 1. The van der Waals surface area contributed by atoms with Crippen LogP contribution in [0.2, 0.25) is 0 Å². The van der Waals surface area contributed by atoms with Gasteiger partial charge in [-0.3, -0.25) is 4.79 Å². The van der Waals surface area contributed by atoms with Crippen LogP contribution in [0.1, 0.15) is 17.1 Å². The second kappa shape index (κ2) is 6.23. The minimum absolute atomic E-state index is 0.119. The first kappa shape index (κ1) is 14.8. The number of hydrogen-bond donors (Lipinski definition) is 1. The van der Waals surface area contributed by atoms with Crippen LogP contribution < -0.4 is 5.56 Å². The standard InChI is InChI=1S/C13H11BrF2N2O2/c1-20-6-10-12(14)13(19)18-11(17-10)4-7-2-8(15)5-9(16)3-7/h2-3,5H,4,6H2,1H3,(H,17,18,19). The molecule has 0 atom stereocenters. The molecule has 0 fully saturated rings. The first-order chi connectivity index (χ1) is 9.49. The molecular weight excluding hydrogens is 334 g/mol. The van der Waals surface area contributed by atoms with Gasteiger partial charge in [-0.15, -0.1) is 0 Å². The fourth-order valence-corrected chi connectivity index (χ4v) is 2.08. The van der Waals surface area contributed by atoms with Crippen LogP contribution >= 0.6 is 15.9 Å². The summed E-state index contributed by atoms with van der Waals surface area (Å²) in [5.74, 6) is -1.02. The van der Waals surface area contributed by atoms with Gasteiger partial charge in [-0.1, -0.05) is 0 Å². The number of H-pyrrole nitrogens is 1. The zero-order chi connectivity index (χ0) is 14.7. The van der Waals surface area contributed by atoms with Gasteiger partial charge < -0.3 is 9.72 Å². The topological polar surface area (TPSA) is 55.0 Å². The normalized spacial score (nSPS) is 10.8. The fraction of sp³-hybridized carbons (Fsp3) is 0.231. The summed E-state index contributed by atoms with van der Waals surface area (Å²) in [5.41, 5.74) is 0.457.